The van der Waals surface area contributed by atoms with Crippen molar-refractivity contribution in [3.8, 4) is 11.5 Å². The number of allylic oxidation sites excluding steroid dienone is 1. The summed E-state index contributed by atoms with van der Waals surface area (Å²) in [6, 6.07) is 5.97. The number of alkyl halides is 3. The number of benzene rings is 2. The standard InChI is InChI=1S/C26H25Cl2F3N4O5/c1-14(34-23-19(27)10-16(11-20(23)28)40-26(29,30)31)9-15(32)13-39-22-7-3-5-17-18(22)12-35(25(17)38)21(6-4-8-36)24(37)33-2/h3,5,7-11,21,32,34H,4,6,12-13H2,1-2H3,(H,33,37)/b14-9-,32-15?. The highest BCUT2D eigenvalue weighted by molar-refractivity contribution is 6.39. The molecular weight excluding hydrogens is 576 g/mol. The first-order valence-corrected chi connectivity index (χ1v) is 12.6. The van der Waals surface area contributed by atoms with E-state index in [0.29, 0.717) is 28.9 Å². The maximum Gasteiger partial charge on any atom is 0.573 e. The zero-order chi connectivity index (χ0) is 29.6. The van der Waals surface area contributed by atoms with Gasteiger partial charge in [-0.25, -0.2) is 0 Å². The van der Waals surface area contributed by atoms with E-state index in [1.807, 2.05) is 0 Å². The Morgan fingerprint density at radius 1 is 1.25 bits per heavy atom. The number of hydrogen-bond acceptors (Lipinski definition) is 7. The van der Waals surface area contributed by atoms with Crippen LogP contribution in [0.2, 0.25) is 10.0 Å². The Labute approximate surface area is 237 Å². The quantitative estimate of drug-likeness (QED) is 0.223. The summed E-state index contributed by atoms with van der Waals surface area (Å²) in [6.07, 6.45) is -2.52. The van der Waals surface area contributed by atoms with Gasteiger partial charge in [0.1, 0.15) is 30.4 Å². The molecule has 0 fully saturated rings. The lowest BCUT2D eigenvalue weighted by atomic mass is 10.1. The normalized spacial score (nSPS) is 13.9. The van der Waals surface area contributed by atoms with Crippen molar-refractivity contribution in [3.05, 3.63) is 63.3 Å². The third kappa shape index (κ3) is 7.66. The van der Waals surface area contributed by atoms with E-state index < -0.39 is 18.2 Å². The molecule has 0 aliphatic carbocycles. The molecule has 0 saturated carbocycles. The number of likely N-dealkylation sites (N-methyl/N-ethyl adjacent to an activating group) is 1. The van der Waals surface area contributed by atoms with Crippen molar-refractivity contribution in [2.45, 2.75) is 38.7 Å². The molecule has 2 aromatic rings. The second kappa shape index (κ2) is 13.1. The first-order valence-electron chi connectivity index (χ1n) is 11.8. The predicted octanol–water partition coefficient (Wildman–Crippen LogP) is 5.36. The summed E-state index contributed by atoms with van der Waals surface area (Å²) in [5.41, 5.74) is 1.45. The number of fused-ring (bicyclic) bond motifs is 1. The Hall–Kier alpha value is -3.77. The van der Waals surface area contributed by atoms with Crippen LogP contribution < -0.4 is 20.1 Å². The number of aldehydes is 1. The summed E-state index contributed by atoms with van der Waals surface area (Å²) < 4.78 is 47.1. The molecule has 0 spiro atoms. The topological polar surface area (TPSA) is 121 Å². The highest BCUT2D eigenvalue weighted by Gasteiger charge is 2.37. The molecule has 1 unspecified atom stereocenters. The molecule has 2 aromatic carbocycles. The number of nitrogens with zero attached hydrogens (tertiary/aromatic N) is 1. The van der Waals surface area contributed by atoms with Gasteiger partial charge in [-0.15, -0.1) is 13.2 Å². The van der Waals surface area contributed by atoms with Crippen LogP contribution in [0.5, 0.6) is 11.5 Å². The highest BCUT2D eigenvalue weighted by atomic mass is 35.5. The monoisotopic (exact) mass is 600 g/mol. The zero-order valence-electron chi connectivity index (χ0n) is 21.3. The third-order valence-electron chi connectivity index (χ3n) is 5.78. The summed E-state index contributed by atoms with van der Waals surface area (Å²) in [4.78, 5) is 37.7. The molecule has 3 rings (SSSR count). The molecular formula is C26H25Cl2F3N4O5. The molecule has 0 radical (unpaired) electrons. The molecule has 1 heterocycles. The number of nitrogens with one attached hydrogen (secondary N) is 3. The van der Waals surface area contributed by atoms with Crippen molar-refractivity contribution >= 4 is 52.7 Å². The van der Waals surface area contributed by atoms with Crippen LogP contribution in [0, 0.1) is 5.41 Å². The predicted molar refractivity (Wildman–Crippen MR) is 143 cm³/mol. The van der Waals surface area contributed by atoms with Crippen LogP contribution in [0.25, 0.3) is 0 Å². The van der Waals surface area contributed by atoms with E-state index in [9.17, 15) is 27.6 Å². The Bertz CT molecular complexity index is 1330. The minimum atomic E-state index is -4.90. The Balaban J connectivity index is 1.69. The molecule has 14 heteroatoms. The highest BCUT2D eigenvalue weighted by Crippen LogP contribution is 2.37. The molecule has 0 saturated heterocycles. The second-order valence-electron chi connectivity index (χ2n) is 8.67. The van der Waals surface area contributed by atoms with Crippen LogP contribution in [-0.4, -0.2) is 54.8 Å². The van der Waals surface area contributed by atoms with Gasteiger partial charge in [0.2, 0.25) is 5.91 Å². The van der Waals surface area contributed by atoms with E-state index in [4.69, 9.17) is 33.3 Å². The average Bonchev–Trinajstić information content (AvgIpc) is 3.20. The minimum Gasteiger partial charge on any atom is -0.487 e. The van der Waals surface area contributed by atoms with Gasteiger partial charge in [0.15, 0.2) is 0 Å². The number of ether oxygens (including phenoxy) is 2. The van der Waals surface area contributed by atoms with Crippen molar-refractivity contribution in [1.29, 1.82) is 5.41 Å². The van der Waals surface area contributed by atoms with E-state index in [-0.39, 0.29) is 59.3 Å². The van der Waals surface area contributed by atoms with Gasteiger partial charge < -0.3 is 35.2 Å². The van der Waals surface area contributed by atoms with Gasteiger partial charge in [0.25, 0.3) is 5.91 Å². The number of carbonyl (C=O) groups excluding carboxylic acids is 3. The molecule has 40 heavy (non-hydrogen) atoms. The van der Waals surface area contributed by atoms with E-state index >= 15 is 0 Å². The number of amides is 2. The summed E-state index contributed by atoms with van der Waals surface area (Å²) in [5, 5.41) is 13.4. The van der Waals surface area contributed by atoms with E-state index in [1.54, 1.807) is 25.1 Å². The Kier molecular flexibility index (Phi) is 10.0. The molecule has 214 valence electrons. The number of rotatable bonds is 12. The second-order valence-corrected chi connectivity index (χ2v) is 9.48. The van der Waals surface area contributed by atoms with Crippen LogP contribution in [0.1, 0.15) is 35.7 Å². The molecule has 9 nitrogen and oxygen atoms in total. The summed E-state index contributed by atoms with van der Waals surface area (Å²) >= 11 is 12.1. The number of hydrogen-bond donors (Lipinski definition) is 3. The smallest absolute Gasteiger partial charge is 0.487 e. The van der Waals surface area contributed by atoms with Crippen molar-refractivity contribution in [1.82, 2.24) is 10.2 Å². The zero-order valence-corrected chi connectivity index (χ0v) is 22.8. The maximum atomic E-state index is 13.0. The number of halogens is 5. The largest absolute Gasteiger partial charge is 0.573 e. The summed E-state index contributed by atoms with van der Waals surface area (Å²) in [7, 11) is 1.45. The van der Waals surface area contributed by atoms with Gasteiger partial charge in [0, 0.05) is 42.4 Å². The van der Waals surface area contributed by atoms with Crippen molar-refractivity contribution in [3.63, 3.8) is 0 Å². The molecule has 1 aliphatic rings. The lowest BCUT2D eigenvalue weighted by molar-refractivity contribution is -0.274. The molecule has 2 amide bonds. The fourth-order valence-corrected chi connectivity index (χ4v) is 4.65. The first kappa shape index (κ1) is 30.8. The Morgan fingerprint density at radius 3 is 2.52 bits per heavy atom. The molecule has 1 atom stereocenters. The fraction of sp³-hybridized carbons (Fsp3) is 0.308. The van der Waals surface area contributed by atoms with E-state index in [0.717, 1.165) is 12.1 Å². The first-order chi connectivity index (χ1) is 18.8. The van der Waals surface area contributed by atoms with Gasteiger partial charge in [-0.2, -0.15) is 0 Å². The number of carbonyl (C=O) groups is 3. The van der Waals surface area contributed by atoms with Crippen molar-refractivity contribution in [2.75, 3.05) is 19.0 Å². The van der Waals surface area contributed by atoms with Crippen LogP contribution in [0.4, 0.5) is 18.9 Å². The summed E-state index contributed by atoms with van der Waals surface area (Å²) in [5.74, 6) is -0.971. The van der Waals surface area contributed by atoms with Crippen molar-refractivity contribution in [2.24, 2.45) is 0 Å². The molecule has 0 bridgehead atoms. The van der Waals surface area contributed by atoms with Gasteiger partial charge in [0.05, 0.1) is 28.0 Å². The average molecular weight is 601 g/mol. The summed E-state index contributed by atoms with van der Waals surface area (Å²) in [6.45, 7) is 1.50. The van der Waals surface area contributed by atoms with E-state index in [1.165, 1.54) is 18.0 Å². The van der Waals surface area contributed by atoms with Crippen LogP contribution in [0.15, 0.2) is 42.1 Å². The van der Waals surface area contributed by atoms with Gasteiger partial charge >= 0.3 is 6.36 Å². The third-order valence-corrected chi connectivity index (χ3v) is 6.38. The minimum absolute atomic E-state index is 0.0160. The van der Waals surface area contributed by atoms with Crippen LogP contribution >= 0.6 is 23.2 Å². The van der Waals surface area contributed by atoms with Gasteiger partial charge in [-0.1, -0.05) is 29.3 Å². The van der Waals surface area contributed by atoms with Crippen LogP contribution in [-0.2, 0) is 16.1 Å². The molecule has 0 aromatic heterocycles. The fourth-order valence-electron chi connectivity index (χ4n) is 4.09. The lowest BCUT2D eigenvalue weighted by Gasteiger charge is -2.25. The van der Waals surface area contributed by atoms with Crippen LogP contribution in [0.3, 0.4) is 0 Å². The van der Waals surface area contributed by atoms with Gasteiger partial charge in [-0.3, -0.25) is 9.59 Å². The lowest BCUT2D eigenvalue weighted by Crippen LogP contribution is -2.46. The van der Waals surface area contributed by atoms with Crippen molar-refractivity contribution < 1.29 is 37.0 Å². The van der Waals surface area contributed by atoms with Gasteiger partial charge in [-0.05, 0) is 31.6 Å². The maximum absolute atomic E-state index is 13.0. The molecule has 1 aliphatic heterocycles. The molecule has 3 N–H and O–H groups in total. The number of anilines is 1. The SMILES string of the molecule is CNC(=O)C(CCC=O)N1Cc2c(OCC(=N)/C=C(/C)Nc3c(Cl)cc(OC(F)(F)F)cc3Cl)cccc2C1=O. The Morgan fingerprint density at radius 2 is 1.93 bits per heavy atom. The van der Waals surface area contributed by atoms with E-state index in [2.05, 4.69) is 15.4 Å².